The minimum atomic E-state index is 0.623. The summed E-state index contributed by atoms with van der Waals surface area (Å²) in [6.45, 7) is 0. The molecule has 266 valence electrons. The van der Waals surface area contributed by atoms with Crippen LogP contribution in [-0.4, -0.2) is 19.5 Å². The summed E-state index contributed by atoms with van der Waals surface area (Å²) in [5.41, 5.74) is 10.9. The van der Waals surface area contributed by atoms with E-state index in [0.717, 1.165) is 49.6 Å². The van der Waals surface area contributed by atoms with E-state index in [1.807, 2.05) is 18.2 Å². The quantitative estimate of drug-likeness (QED) is 0.171. The third-order valence-electron chi connectivity index (χ3n) is 11.0. The zero-order valence-electron chi connectivity index (χ0n) is 30.9. The second kappa shape index (κ2) is 13.6. The molecule has 4 heteroatoms. The van der Waals surface area contributed by atoms with Crippen molar-refractivity contribution in [3.63, 3.8) is 0 Å². The smallest absolute Gasteiger partial charge is 0.164 e. The lowest BCUT2D eigenvalue weighted by Crippen LogP contribution is -2.02. The second-order valence-electron chi connectivity index (χ2n) is 14.5. The van der Waals surface area contributed by atoms with Gasteiger partial charge in [-0.05, 0) is 80.9 Å². The number of benzene rings is 9. The summed E-state index contributed by atoms with van der Waals surface area (Å²) in [5.74, 6) is 1.90. The van der Waals surface area contributed by atoms with Crippen molar-refractivity contribution in [2.24, 2.45) is 0 Å². The van der Waals surface area contributed by atoms with Crippen LogP contribution >= 0.6 is 0 Å². The Balaban J connectivity index is 1.17. The van der Waals surface area contributed by atoms with Crippen molar-refractivity contribution in [3.8, 4) is 62.1 Å². The number of nitrogens with zero attached hydrogens (tertiary/aromatic N) is 4. The van der Waals surface area contributed by atoms with E-state index in [1.54, 1.807) is 0 Å². The van der Waals surface area contributed by atoms with Crippen molar-refractivity contribution in [2.75, 3.05) is 0 Å². The highest BCUT2D eigenvalue weighted by molar-refractivity contribution is 6.13. The van der Waals surface area contributed by atoms with Crippen LogP contribution in [0.1, 0.15) is 0 Å². The number of hydrogen-bond acceptors (Lipinski definition) is 3. The molecule has 9 aromatic carbocycles. The number of fused-ring (bicyclic) bond motifs is 5. The summed E-state index contributed by atoms with van der Waals surface area (Å²) in [4.78, 5) is 15.5. The predicted octanol–water partition coefficient (Wildman–Crippen LogP) is 13.6. The predicted molar refractivity (Wildman–Crippen MR) is 236 cm³/mol. The van der Waals surface area contributed by atoms with Crippen LogP contribution < -0.4 is 0 Å². The molecule has 0 spiro atoms. The molecule has 57 heavy (non-hydrogen) atoms. The largest absolute Gasteiger partial charge is 0.309 e. The zero-order valence-corrected chi connectivity index (χ0v) is 30.9. The maximum absolute atomic E-state index is 5.22. The topological polar surface area (TPSA) is 43.6 Å². The summed E-state index contributed by atoms with van der Waals surface area (Å²) >= 11 is 0. The van der Waals surface area contributed by atoms with Gasteiger partial charge in [0.1, 0.15) is 0 Å². The van der Waals surface area contributed by atoms with Crippen LogP contribution in [0.4, 0.5) is 0 Å². The highest BCUT2D eigenvalue weighted by Gasteiger charge is 2.19. The Kier molecular flexibility index (Phi) is 7.78. The Morgan fingerprint density at radius 1 is 0.263 bits per heavy atom. The van der Waals surface area contributed by atoms with Gasteiger partial charge in [0, 0.05) is 32.8 Å². The van der Waals surface area contributed by atoms with Crippen molar-refractivity contribution in [3.05, 3.63) is 206 Å². The molecule has 0 N–H and O–H groups in total. The van der Waals surface area contributed by atoms with Gasteiger partial charge in [-0.15, -0.1) is 0 Å². The standard InChI is InChI=1S/C53H34N4/c1-4-14-35(15-5-1)40-26-28-48-46(32-40)47-33-41(36-16-6-2-7-17-36)27-29-49(47)57(48)50-34-44(31-42-22-12-13-23-45(42)50)53-55-51(38-19-8-3-9-20-38)54-52(56-53)43-25-24-37-18-10-11-21-39(37)30-43/h1-34H. The molecule has 11 rings (SSSR count). The Bertz CT molecular complexity index is 3180. The van der Waals surface area contributed by atoms with Gasteiger partial charge in [-0.2, -0.15) is 0 Å². The summed E-state index contributed by atoms with van der Waals surface area (Å²) < 4.78 is 2.42. The fraction of sp³-hybridized carbons (Fsp3) is 0. The van der Waals surface area contributed by atoms with Gasteiger partial charge in [0.15, 0.2) is 17.5 Å². The third kappa shape index (κ3) is 5.83. The Labute approximate surface area is 330 Å². The van der Waals surface area contributed by atoms with Gasteiger partial charge in [-0.25, -0.2) is 15.0 Å². The normalized spacial score (nSPS) is 11.5. The third-order valence-corrected chi connectivity index (χ3v) is 11.0. The van der Waals surface area contributed by atoms with Crippen molar-refractivity contribution in [1.82, 2.24) is 19.5 Å². The minimum absolute atomic E-state index is 0.623. The molecule has 0 fully saturated rings. The maximum Gasteiger partial charge on any atom is 0.164 e. The van der Waals surface area contributed by atoms with Gasteiger partial charge in [0.05, 0.1) is 16.7 Å². The van der Waals surface area contributed by atoms with E-state index in [4.69, 9.17) is 15.0 Å². The average Bonchev–Trinajstić information content (AvgIpc) is 3.62. The lowest BCUT2D eigenvalue weighted by atomic mass is 10.0. The van der Waals surface area contributed by atoms with Gasteiger partial charge in [-0.3, -0.25) is 0 Å². The number of rotatable bonds is 6. The molecule has 0 atom stereocenters. The van der Waals surface area contributed by atoms with E-state index in [-0.39, 0.29) is 0 Å². The van der Waals surface area contributed by atoms with Crippen LogP contribution in [0.5, 0.6) is 0 Å². The molecule has 11 aromatic rings. The number of aromatic nitrogens is 4. The fourth-order valence-electron chi connectivity index (χ4n) is 8.19. The minimum Gasteiger partial charge on any atom is -0.309 e. The van der Waals surface area contributed by atoms with Gasteiger partial charge in [0.25, 0.3) is 0 Å². The molecule has 0 saturated heterocycles. The Morgan fingerprint density at radius 2 is 0.719 bits per heavy atom. The summed E-state index contributed by atoms with van der Waals surface area (Å²) in [7, 11) is 0. The molecule has 0 bridgehead atoms. The molecule has 2 aromatic heterocycles. The zero-order chi connectivity index (χ0) is 37.7. The lowest BCUT2D eigenvalue weighted by molar-refractivity contribution is 1.07. The summed E-state index contributed by atoms with van der Waals surface area (Å²) in [6.07, 6.45) is 0. The first-order valence-corrected chi connectivity index (χ1v) is 19.3. The van der Waals surface area contributed by atoms with Crippen LogP contribution in [0.25, 0.3) is 105 Å². The van der Waals surface area contributed by atoms with Crippen LogP contribution in [0, 0.1) is 0 Å². The molecule has 0 aliphatic rings. The molecule has 0 amide bonds. The molecule has 0 radical (unpaired) electrons. The van der Waals surface area contributed by atoms with Crippen LogP contribution in [-0.2, 0) is 0 Å². The first-order chi connectivity index (χ1) is 28.2. The van der Waals surface area contributed by atoms with Crippen molar-refractivity contribution < 1.29 is 0 Å². The van der Waals surface area contributed by atoms with Crippen LogP contribution in [0.15, 0.2) is 206 Å². The van der Waals surface area contributed by atoms with Crippen molar-refractivity contribution in [2.45, 2.75) is 0 Å². The maximum atomic E-state index is 5.22. The highest BCUT2D eigenvalue weighted by Crippen LogP contribution is 2.40. The van der Waals surface area contributed by atoms with Crippen molar-refractivity contribution in [1.29, 1.82) is 0 Å². The first kappa shape index (κ1) is 32.7. The fourth-order valence-corrected chi connectivity index (χ4v) is 8.19. The van der Waals surface area contributed by atoms with Gasteiger partial charge >= 0.3 is 0 Å². The molecular weight excluding hydrogens is 693 g/mol. The van der Waals surface area contributed by atoms with Gasteiger partial charge < -0.3 is 4.57 Å². The molecule has 0 aliphatic carbocycles. The van der Waals surface area contributed by atoms with Gasteiger partial charge in [0.2, 0.25) is 0 Å². The van der Waals surface area contributed by atoms with E-state index < -0.39 is 0 Å². The summed E-state index contributed by atoms with van der Waals surface area (Å²) in [6, 6.07) is 73.0. The van der Waals surface area contributed by atoms with E-state index in [1.165, 1.54) is 38.4 Å². The van der Waals surface area contributed by atoms with Crippen molar-refractivity contribution >= 4 is 43.4 Å². The van der Waals surface area contributed by atoms with Gasteiger partial charge in [-0.1, -0.05) is 164 Å². The molecule has 2 heterocycles. The first-order valence-electron chi connectivity index (χ1n) is 19.3. The number of hydrogen-bond donors (Lipinski definition) is 0. The summed E-state index contributed by atoms with van der Waals surface area (Å²) in [5, 5.41) is 6.97. The Hall–Kier alpha value is -7.69. The van der Waals surface area contributed by atoms with Crippen LogP contribution in [0.3, 0.4) is 0 Å². The molecule has 4 nitrogen and oxygen atoms in total. The van der Waals surface area contributed by atoms with E-state index in [0.29, 0.717) is 17.5 Å². The average molecular weight is 727 g/mol. The van der Waals surface area contributed by atoms with E-state index in [2.05, 4.69) is 193 Å². The molecular formula is C53H34N4. The molecule has 0 aliphatic heterocycles. The van der Waals surface area contributed by atoms with E-state index in [9.17, 15) is 0 Å². The second-order valence-corrected chi connectivity index (χ2v) is 14.5. The Morgan fingerprint density at radius 3 is 1.33 bits per heavy atom. The van der Waals surface area contributed by atoms with Crippen LogP contribution in [0.2, 0.25) is 0 Å². The highest BCUT2D eigenvalue weighted by atomic mass is 15.0. The van der Waals surface area contributed by atoms with E-state index >= 15 is 0 Å². The monoisotopic (exact) mass is 726 g/mol. The lowest BCUT2D eigenvalue weighted by Gasteiger charge is -2.15. The SMILES string of the molecule is c1ccc(-c2ccc3c(c2)c2cc(-c4ccccc4)ccc2n3-c2cc(-c3nc(-c4ccccc4)nc(-c4ccc5ccccc5c4)n3)cc3ccccc23)cc1. The molecule has 0 saturated carbocycles. The molecule has 0 unspecified atom stereocenters.